The summed E-state index contributed by atoms with van der Waals surface area (Å²) in [6.45, 7) is 5.32. The van der Waals surface area contributed by atoms with Crippen LogP contribution < -0.4 is 5.32 Å². The summed E-state index contributed by atoms with van der Waals surface area (Å²) >= 11 is 2.74. The average Bonchev–Trinajstić information content (AvgIpc) is 3.36. The van der Waals surface area contributed by atoms with Gasteiger partial charge in [0, 0.05) is 17.3 Å². The largest absolute Gasteiger partial charge is 0.449 e. The van der Waals surface area contributed by atoms with Crippen LogP contribution in [-0.2, 0) is 9.53 Å². The van der Waals surface area contributed by atoms with E-state index in [1.165, 1.54) is 29.6 Å². The van der Waals surface area contributed by atoms with E-state index in [2.05, 4.69) is 5.32 Å². The predicted octanol–water partition coefficient (Wildman–Crippen LogP) is 4.27. The van der Waals surface area contributed by atoms with E-state index in [-0.39, 0.29) is 0 Å². The number of ether oxygens (including phenoxy) is 1. The number of amides is 1. The maximum Gasteiger partial charge on any atom is 0.342 e. The summed E-state index contributed by atoms with van der Waals surface area (Å²) in [6, 6.07) is 7.39. The topological polar surface area (TPSA) is 84.1 Å². The van der Waals surface area contributed by atoms with Crippen molar-refractivity contribution in [1.82, 2.24) is 4.57 Å². The Labute approximate surface area is 164 Å². The summed E-state index contributed by atoms with van der Waals surface area (Å²) in [6.07, 6.45) is 2.72. The van der Waals surface area contributed by atoms with Crippen molar-refractivity contribution in [3.05, 3.63) is 57.5 Å². The highest BCUT2D eigenvalue weighted by atomic mass is 32.1. The minimum atomic E-state index is -0.997. The molecule has 3 aromatic rings. The molecular formula is C19H17N3O3S2. The summed E-state index contributed by atoms with van der Waals surface area (Å²) in [7, 11) is 0. The normalized spacial score (nSPS) is 11.6. The summed E-state index contributed by atoms with van der Waals surface area (Å²) < 4.78 is 7.28. The fourth-order valence-corrected chi connectivity index (χ4v) is 4.33. The van der Waals surface area contributed by atoms with E-state index in [1.807, 2.05) is 49.0 Å². The lowest BCUT2D eigenvalue weighted by Crippen LogP contribution is -2.30. The van der Waals surface area contributed by atoms with Crippen molar-refractivity contribution in [2.24, 2.45) is 0 Å². The van der Waals surface area contributed by atoms with Crippen LogP contribution >= 0.6 is 22.7 Å². The number of hydrogen-bond acceptors (Lipinski definition) is 6. The molecule has 8 heteroatoms. The SMILES string of the molecule is Cc1sc(-n2cccc2)c(C(=O)O[C@H](C)C(=O)Nc2sccc2C#N)c1C. The van der Waals surface area contributed by atoms with Gasteiger partial charge in [-0.1, -0.05) is 0 Å². The van der Waals surface area contributed by atoms with Crippen molar-refractivity contribution in [2.45, 2.75) is 26.9 Å². The van der Waals surface area contributed by atoms with Gasteiger partial charge in [-0.25, -0.2) is 4.79 Å². The third kappa shape index (κ3) is 3.79. The molecule has 0 aliphatic rings. The van der Waals surface area contributed by atoms with Crippen LogP contribution in [0.15, 0.2) is 36.0 Å². The van der Waals surface area contributed by atoms with Gasteiger partial charge in [-0.15, -0.1) is 22.7 Å². The Balaban J connectivity index is 1.78. The van der Waals surface area contributed by atoms with Crippen molar-refractivity contribution in [3.8, 4) is 11.1 Å². The minimum Gasteiger partial charge on any atom is -0.449 e. The molecule has 6 nitrogen and oxygen atoms in total. The molecule has 1 N–H and O–H groups in total. The number of aromatic nitrogens is 1. The van der Waals surface area contributed by atoms with Crippen LogP contribution in [0.5, 0.6) is 0 Å². The van der Waals surface area contributed by atoms with E-state index < -0.39 is 18.0 Å². The van der Waals surface area contributed by atoms with Gasteiger partial charge in [0.25, 0.3) is 5.91 Å². The van der Waals surface area contributed by atoms with Gasteiger partial charge in [0.2, 0.25) is 0 Å². The van der Waals surface area contributed by atoms with Gasteiger partial charge in [-0.05, 0) is 49.9 Å². The molecule has 3 heterocycles. The highest BCUT2D eigenvalue weighted by Crippen LogP contribution is 2.32. The van der Waals surface area contributed by atoms with E-state index in [9.17, 15) is 9.59 Å². The number of nitriles is 1. The molecule has 0 fully saturated rings. The fraction of sp³-hybridized carbons (Fsp3) is 0.211. The molecule has 0 saturated heterocycles. The summed E-state index contributed by atoms with van der Waals surface area (Å²) in [5.41, 5.74) is 1.68. The number of carbonyl (C=O) groups excluding carboxylic acids is 2. The second kappa shape index (κ2) is 7.78. The van der Waals surface area contributed by atoms with Crippen LogP contribution in [-0.4, -0.2) is 22.5 Å². The predicted molar refractivity (Wildman–Crippen MR) is 106 cm³/mol. The van der Waals surface area contributed by atoms with Crippen molar-refractivity contribution < 1.29 is 14.3 Å². The number of anilines is 1. The Morgan fingerprint density at radius 1 is 1.30 bits per heavy atom. The molecule has 0 unspecified atom stereocenters. The molecule has 1 amide bonds. The number of thiophene rings is 2. The molecule has 0 spiro atoms. The van der Waals surface area contributed by atoms with Gasteiger partial charge in [0.1, 0.15) is 16.1 Å². The Morgan fingerprint density at radius 3 is 2.67 bits per heavy atom. The van der Waals surface area contributed by atoms with Crippen LogP contribution in [0.2, 0.25) is 0 Å². The maximum atomic E-state index is 12.8. The molecule has 0 radical (unpaired) electrons. The van der Waals surface area contributed by atoms with Crippen molar-refractivity contribution in [2.75, 3.05) is 5.32 Å². The van der Waals surface area contributed by atoms with Crippen LogP contribution in [0, 0.1) is 25.2 Å². The number of esters is 1. The number of carbonyl (C=O) groups is 2. The van der Waals surface area contributed by atoms with Crippen LogP contribution in [0.3, 0.4) is 0 Å². The molecule has 0 saturated carbocycles. The van der Waals surface area contributed by atoms with E-state index in [0.29, 0.717) is 16.1 Å². The molecule has 0 aliphatic carbocycles. The van der Waals surface area contributed by atoms with E-state index in [1.54, 1.807) is 11.4 Å². The van der Waals surface area contributed by atoms with Crippen molar-refractivity contribution in [3.63, 3.8) is 0 Å². The van der Waals surface area contributed by atoms with Crippen molar-refractivity contribution in [1.29, 1.82) is 5.26 Å². The van der Waals surface area contributed by atoms with Crippen LogP contribution in [0.1, 0.15) is 33.3 Å². The number of nitrogens with zero attached hydrogens (tertiary/aromatic N) is 2. The first-order valence-corrected chi connectivity index (χ1v) is 9.84. The number of rotatable bonds is 5. The zero-order valence-electron chi connectivity index (χ0n) is 15.0. The molecule has 0 aliphatic heterocycles. The molecule has 3 rings (SSSR count). The van der Waals surface area contributed by atoms with E-state index in [4.69, 9.17) is 10.00 Å². The summed E-state index contributed by atoms with van der Waals surface area (Å²) in [4.78, 5) is 26.1. The Bertz CT molecular complexity index is 1030. The quantitative estimate of drug-likeness (QED) is 0.649. The first kappa shape index (κ1) is 18.9. The Morgan fingerprint density at radius 2 is 2.00 bits per heavy atom. The maximum absolute atomic E-state index is 12.8. The lowest BCUT2D eigenvalue weighted by molar-refractivity contribution is -0.123. The number of nitrogens with one attached hydrogen (secondary N) is 1. The second-order valence-corrected chi connectivity index (χ2v) is 7.99. The van der Waals surface area contributed by atoms with Crippen molar-refractivity contribution >= 4 is 39.6 Å². The van der Waals surface area contributed by atoms with Gasteiger partial charge in [-0.3, -0.25) is 4.79 Å². The summed E-state index contributed by atoms with van der Waals surface area (Å²) in [5.74, 6) is -1.02. The van der Waals surface area contributed by atoms with Crippen LogP contribution in [0.4, 0.5) is 5.00 Å². The monoisotopic (exact) mass is 399 g/mol. The van der Waals surface area contributed by atoms with Gasteiger partial charge >= 0.3 is 5.97 Å². The fourth-order valence-electron chi connectivity index (χ4n) is 2.48. The second-order valence-electron chi connectivity index (χ2n) is 5.87. The summed E-state index contributed by atoms with van der Waals surface area (Å²) in [5, 5.41) is 14.6. The minimum absolute atomic E-state index is 0.381. The molecule has 0 bridgehead atoms. The molecule has 0 aromatic carbocycles. The lowest BCUT2D eigenvalue weighted by Gasteiger charge is -2.14. The first-order chi connectivity index (χ1) is 12.9. The third-order valence-electron chi connectivity index (χ3n) is 4.09. The molecule has 138 valence electrons. The number of aryl methyl sites for hydroxylation is 1. The first-order valence-electron chi connectivity index (χ1n) is 8.15. The molecular weight excluding hydrogens is 382 g/mol. The Kier molecular flexibility index (Phi) is 5.44. The molecule has 3 aromatic heterocycles. The van der Waals surface area contributed by atoms with Crippen LogP contribution in [0.25, 0.3) is 5.00 Å². The molecule has 1 atom stereocenters. The smallest absolute Gasteiger partial charge is 0.342 e. The van der Waals surface area contributed by atoms with Gasteiger partial charge < -0.3 is 14.6 Å². The van der Waals surface area contributed by atoms with E-state index in [0.717, 1.165) is 15.4 Å². The Hall–Kier alpha value is -2.89. The highest BCUT2D eigenvalue weighted by molar-refractivity contribution is 7.15. The lowest BCUT2D eigenvalue weighted by atomic mass is 10.1. The standard InChI is InChI=1S/C19H17N3O3S2/c1-11-13(3)27-18(22-7-4-5-8-22)15(11)19(24)25-12(2)16(23)21-17-14(10-20)6-9-26-17/h4-9,12H,1-3H3,(H,21,23)/t12-/m1/s1. The highest BCUT2D eigenvalue weighted by Gasteiger charge is 2.26. The zero-order chi connectivity index (χ0) is 19.6. The third-order valence-corrected chi connectivity index (χ3v) is 6.14. The molecule has 27 heavy (non-hydrogen) atoms. The zero-order valence-corrected chi connectivity index (χ0v) is 16.6. The van der Waals surface area contributed by atoms with Gasteiger partial charge in [0.05, 0.1) is 11.1 Å². The van der Waals surface area contributed by atoms with Gasteiger partial charge in [-0.2, -0.15) is 5.26 Å². The number of hydrogen-bond donors (Lipinski definition) is 1. The van der Waals surface area contributed by atoms with E-state index >= 15 is 0 Å². The average molecular weight is 399 g/mol. The van der Waals surface area contributed by atoms with Gasteiger partial charge in [0.15, 0.2) is 6.10 Å².